The van der Waals surface area contributed by atoms with Gasteiger partial charge in [0, 0.05) is 18.8 Å². The highest BCUT2D eigenvalue weighted by Crippen LogP contribution is 2.19. The molecule has 1 saturated heterocycles. The molecular weight excluding hydrogens is 302 g/mol. The van der Waals surface area contributed by atoms with Gasteiger partial charge >= 0.3 is 0 Å². The minimum Gasteiger partial charge on any atom is -0.370 e. The SMILES string of the molecule is CCNc1cc(C(=O)NC2CCS(=O)(=O)C2)c(Cl)cn1. The number of sulfone groups is 1. The molecule has 1 aromatic rings. The first-order valence-corrected chi connectivity index (χ1v) is 8.52. The van der Waals surface area contributed by atoms with E-state index in [-0.39, 0.29) is 28.5 Å². The van der Waals surface area contributed by atoms with Crippen molar-refractivity contribution in [1.29, 1.82) is 0 Å². The molecule has 6 nitrogen and oxygen atoms in total. The smallest absolute Gasteiger partial charge is 0.253 e. The third kappa shape index (κ3) is 3.61. The van der Waals surface area contributed by atoms with Gasteiger partial charge in [0.15, 0.2) is 9.84 Å². The lowest BCUT2D eigenvalue weighted by molar-refractivity contribution is 0.0941. The van der Waals surface area contributed by atoms with E-state index in [1.807, 2.05) is 6.92 Å². The number of carbonyl (C=O) groups excluding carboxylic acids is 1. The third-order valence-electron chi connectivity index (χ3n) is 3.03. The maximum atomic E-state index is 12.1. The fourth-order valence-electron chi connectivity index (χ4n) is 2.06. The molecule has 1 amide bonds. The second-order valence-electron chi connectivity index (χ2n) is 4.65. The molecule has 20 heavy (non-hydrogen) atoms. The largest absolute Gasteiger partial charge is 0.370 e. The van der Waals surface area contributed by atoms with Crippen molar-refractivity contribution < 1.29 is 13.2 Å². The minimum atomic E-state index is -3.02. The van der Waals surface area contributed by atoms with Crippen LogP contribution < -0.4 is 10.6 Å². The Balaban J connectivity index is 2.11. The van der Waals surface area contributed by atoms with Crippen LogP contribution in [0, 0.1) is 0 Å². The summed E-state index contributed by atoms with van der Waals surface area (Å²) in [5.41, 5.74) is 0.293. The molecule has 0 radical (unpaired) electrons. The molecule has 110 valence electrons. The van der Waals surface area contributed by atoms with Crippen LogP contribution in [0.5, 0.6) is 0 Å². The predicted molar refractivity (Wildman–Crippen MR) is 77.9 cm³/mol. The van der Waals surface area contributed by atoms with Crippen molar-refractivity contribution in [2.45, 2.75) is 19.4 Å². The van der Waals surface area contributed by atoms with Crippen LogP contribution >= 0.6 is 11.6 Å². The van der Waals surface area contributed by atoms with Crippen molar-refractivity contribution >= 4 is 33.2 Å². The molecule has 1 aliphatic rings. The van der Waals surface area contributed by atoms with Crippen LogP contribution in [0.2, 0.25) is 5.02 Å². The van der Waals surface area contributed by atoms with Gasteiger partial charge in [-0.25, -0.2) is 13.4 Å². The van der Waals surface area contributed by atoms with Crippen molar-refractivity contribution in [3.63, 3.8) is 0 Å². The molecule has 1 atom stereocenters. The fraction of sp³-hybridized carbons (Fsp3) is 0.500. The average Bonchev–Trinajstić information content (AvgIpc) is 2.71. The van der Waals surface area contributed by atoms with Gasteiger partial charge < -0.3 is 10.6 Å². The zero-order valence-electron chi connectivity index (χ0n) is 11.0. The molecule has 0 spiro atoms. The first-order valence-electron chi connectivity index (χ1n) is 6.32. The second kappa shape index (κ2) is 5.97. The molecule has 0 saturated carbocycles. The first kappa shape index (κ1) is 15.1. The van der Waals surface area contributed by atoms with Crippen molar-refractivity contribution in [1.82, 2.24) is 10.3 Å². The lowest BCUT2D eigenvalue weighted by Gasteiger charge is -2.12. The summed E-state index contributed by atoms with van der Waals surface area (Å²) in [5.74, 6) is 0.284. The number of nitrogens with zero attached hydrogens (tertiary/aromatic N) is 1. The minimum absolute atomic E-state index is 0.0124. The molecule has 0 aromatic carbocycles. The van der Waals surface area contributed by atoms with Gasteiger partial charge in [-0.2, -0.15) is 0 Å². The van der Waals surface area contributed by atoms with Gasteiger partial charge in [0.1, 0.15) is 5.82 Å². The predicted octanol–water partition coefficient (Wildman–Crippen LogP) is 1.08. The summed E-state index contributed by atoms with van der Waals surface area (Å²) in [6.45, 7) is 2.59. The number of hydrogen-bond donors (Lipinski definition) is 2. The van der Waals surface area contributed by atoms with Crippen LogP contribution in [0.25, 0.3) is 0 Å². The summed E-state index contributed by atoms with van der Waals surface area (Å²) in [4.78, 5) is 16.2. The van der Waals surface area contributed by atoms with E-state index in [0.29, 0.717) is 24.3 Å². The Morgan fingerprint density at radius 2 is 2.30 bits per heavy atom. The lowest BCUT2D eigenvalue weighted by Crippen LogP contribution is -2.35. The summed E-state index contributed by atoms with van der Waals surface area (Å²) >= 11 is 5.96. The molecule has 2 heterocycles. The van der Waals surface area contributed by atoms with Crippen LogP contribution in [0.1, 0.15) is 23.7 Å². The van der Waals surface area contributed by atoms with Crippen LogP contribution in [0.3, 0.4) is 0 Å². The van der Waals surface area contributed by atoms with Gasteiger partial charge in [-0.1, -0.05) is 11.6 Å². The van der Waals surface area contributed by atoms with Crippen LogP contribution in [-0.4, -0.2) is 43.4 Å². The summed E-state index contributed by atoms with van der Waals surface area (Å²) in [6, 6.07) is 1.21. The molecule has 0 aliphatic carbocycles. The Morgan fingerprint density at radius 3 is 2.90 bits per heavy atom. The van der Waals surface area contributed by atoms with E-state index in [1.165, 1.54) is 6.20 Å². The number of carbonyl (C=O) groups is 1. The van der Waals surface area contributed by atoms with Crippen LogP contribution in [0.4, 0.5) is 5.82 Å². The van der Waals surface area contributed by atoms with Crippen LogP contribution in [0.15, 0.2) is 12.3 Å². The maximum absolute atomic E-state index is 12.1. The van der Waals surface area contributed by atoms with Gasteiger partial charge in [0.25, 0.3) is 5.91 Å². The Hall–Kier alpha value is -1.34. The summed E-state index contributed by atoms with van der Waals surface area (Å²) in [6.07, 6.45) is 1.84. The topological polar surface area (TPSA) is 88.2 Å². The van der Waals surface area contributed by atoms with Crippen molar-refractivity contribution in [2.24, 2.45) is 0 Å². The zero-order valence-corrected chi connectivity index (χ0v) is 12.6. The van der Waals surface area contributed by atoms with Gasteiger partial charge in [0.05, 0.1) is 22.1 Å². The standard InChI is InChI=1S/C12H16ClN3O3S/c1-2-14-11-5-9(10(13)6-15-11)12(17)16-8-3-4-20(18,19)7-8/h5-6,8H,2-4,7H2,1H3,(H,14,15)(H,16,17). The van der Waals surface area contributed by atoms with Crippen molar-refractivity contribution in [3.05, 3.63) is 22.8 Å². The number of aromatic nitrogens is 1. The highest BCUT2D eigenvalue weighted by molar-refractivity contribution is 7.91. The average molecular weight is 318 g/mol. The number of hydrogen-bond acceptors (Lipinski definition) is 5. The first-order chi connectivity index (χ1) is 9.41. The van der Waals surface area contributed by atoms with E-state index in [4.69, 9.17) is 11.6 Å². The molecule has 1 aliphatic heterocycles. The summed E-state index contributed by atoms with van der Waals surface area (Å²) < 4.78 is 22.7. The second-order valence-corrected chi connectivity index (χ2v) is 7.29. The van der Waals surface area contributed by atoms with Crippen molar-refractivity contribution in [3.8, 4) is 0 Å². The van der Waals surface area contributed by atoms with Crippen molar-refractivity contribution in [2.75, 3.05) is 23.4 Å². The quantitative estimate of drug-likeness (QED) is 0.867. The zero-order chi connectivity index (χ0) is 14.8. The third-order valence-corrected chi connectivity index (χ3v) is 5.09. The highest BCUT2D eigenvalue weighted by Gasteiger charge is 2.29. The van der Waals surface area contributed by atoms with Crippen LogP contribution in [-0.2, 0) is 9.84 Å². The van der Waals surface area contributed by atoms with E-state index >= 15 is 0 Å². The van der Waals surface area contributed by atoms with Gasteiger partial charge in [-0.05, 0) is 19.4 Å². The number of anilines is 1. The van der Waals surface area contributed by atoms with Gasteiger partial charge in [-0.3, -0.25) is 4.79 Å². The Labute approximate surface area is 122 Å². The van der Waals surface area contributed by atoms with E-state index < -0.39 is 9.84 Å². The summed E-state index contributed by atoms with van der Waals surface area (Å²) in [5, 5.41) is 5.93. The number of amides is 1. The molecule has 1 fully saturated rings. The Bertz CT molecular complexity index is 618. The summed E-state index contributed by atoms with van der Waals surface area (Å²) in [7, 11) is -3.02. The van der Waals surface area contributed by atoms with E-state index in [2.05, 4.69) is 15.6 Å². The number of halogens is 1. The lowest BCUT2D eigenvalue weighted by atomic mass is 10.2. The number of nitrogens with one attached hydrogen (secondary N) is 2. The monoisotopic (exact) mass is 317 g/mol. The Kier molecular flexibility index (Phi) is 4.49. The molecule has 1 aromatic heterocycles. The van der Waals surface area contributed by atoms with E-state index in [0.717, 1.165) is 0 Å². The number of pyridine rings is 1. The fourth-order valence-corrected chi connectivity index (χ4v) is 3.93. The molecule has 8 heteroatoms. The van der Waals surface area contributed by atoms with Gasteiger partial charge in [-0.15, -0.1) is 0 Å². The normalized spacial score (nSPS) is 20.6. The Morgan fingerprint density at radius 1 is 1.55 bits per heavy atom. The number of rotatable bonds is 4. The molecule has 2 rings (SSSR count). The molecule has 1 unspecified atom stereocenters. The van der Waals surface area contributed by atoms with E-state index in [9.17, 15) is 13.2 Å². The maximum Gasteiger partial charge on any atom is 0.253 e. The molecular formula is C12H16ClN3O3S. The van der Waals surface area contributed by atoms with Gasteiger partial charge in [0.2, 0.25) is 0 Å². The van der Waals surface area contributed by atoms with E-state index in [1.54, 1.807) is 6.07 Å². The highest BCUT2D eigenvalue weighted by atomic mass is 35.5. The molecule has 2 N–H and O–H groups in total. The molecule has 0 bridgehead atoms.